The molecule has 1 unspecified atom stereocenters. The van der Waals surface area contributed by atoms with Gasteiger partial charge in [-0.15, -0.1) is 0 Å². The van der Waals surface area contributed by atoms with Gasteiger partial charge < -0.3 is 14.2 Å². The molecule has 0 spiro atoms. The Balaban J connectivity index is 2.21. The number of hydrogen-bond donors (Lipinski definition) is 1. The van der Waals surface area contributed by atoms with Crippen LogP contribution in [0.2, 0.25) is 0 Å². The molecule has 0 aliphatic carbocycles. The van der Waals surface area contributed by atoms with Gasteiger partial charge in [-0.2, -0.15) is 0 Å². The Kier molecular flexibility index (Phi) is 6.40. The molecule has 0 radical (unpaired) electrons. The van der Waals surface area contributed by atoms with Gasteiger partial charge in [0, 0.05) is 5.41 Å². The summed E-state index contributed by atoms with van der Waals surface area (Å²) in [5.41, 5.74) is 3.11. The van der Waals surface area contributed by atoms with Gasteiger partial charge in [-0.25, -0.2) is 4.79 Å². The van der Waals surface area contributed by atoms with Crippen molar-refractivity contribution in [1.82, 2.24) is 0 Å². The minimum absolute atomic E-state index is 0.00459. The van der Waals surface area contributed by atoms with Crippen LogP contribution in [0.4, 0.5) is 0 Å². The van der Waals surface area contributed by atoms with Crippen molar-refractivity contribution in [3.8, 4) is 0 Å². The molecular formula is C20H25O5P. The fourth-order valence-corrected chi connectivity index (χ4v) is 3.98. The topological polar surface area (TPSA) is 72.8 Å². The Morgan fingerprint density at radius 3 is 2.00 bits per heavy atom. The Morgan fingerprint density at radius 1 is 1.04 bits per heavy atom. The van der Waals surface area contributed by atoms with E-state index >= 15 is 0 Å². The highest BCUT2D eigenvalue weighted by atomic mass is 31.2. The summed E-state index contributed by atoms with van der Waals surface area (Å²) in [7, 11) is -2.23. The molecule has 0 amide bonds. The lowest BCUT2D eigenvalue weighted by Gasteiger charge is -2.26. The van der Waals surface area contributed by atoms with Crippen molar-refractivity contribution < 1.29 is 23.5 Å². The molecule has 0 bridgehead atoms. The zero-order valence-corrected chi connectivity index (χ0v) is 16.5. The van der Waals surface area contributed by atoms with Crippen molar-refractivity contribution in [2.24, 2.45) is 0 Å². The van der Waals surface area contributed by atoms with Crippen LogP contribution in [0.3, 0.4) is 0 Å². The van der Waals surface area contributed by atoms with Crippen LogP contribution in [0, 0.1) is 0 Å². The van der Waals surface area contributed by atoms with Gasteiger partial charge in [0.15, 0.2) is 0 Å². The normalized spacial score (nSPS) is 13.9. The van der Waals surface area contributed by atoms with E-state index in [1.807, 2.05) is 36.4 Å². The number of esters is 1. The maximum atomic E-state index is 11.9. The number of benzene rings is 2. The maximum absolute atomic E-state index is 11.9. The third-order valence-electron chi connectivity index (χ3n) is 4.42. The number of ether oxygens (including phenoxy) is 1. The highest BCUT2D eigenvalue weighted by Gasteiger charge is 2.24. The molecule has 6 heteroatoms. The van der Waals surface area contributed by atoms with Crippen LogP contribution in [0.1, 0.15) is 47.8 Å². The second kappa shape index (κ2) is 8.17. The summed E-state index contributed by atoms with van der Waals surface area (Å²) in [5, 5.41) is 0. The van der Waals surface area contributed by atoms with Crippen molar-refractivity contribution in [2.75, 3.05) is 13.7 Å². The van der Waals surface area contributed by atoms with E-state index < -0.39 is 7.60 Å². The fourth-order valence-electron chi connectivity index (χ4n) is 2.81. The van der Waals surface area contributed by atoms with Crippen LogP contribution < -0.4 is 0 Å². The van der Waals surface area contributed by atoms with E-state index in [1.54, 1.807) is 19.1 Å². The first-order valence-electron chi connectivity index (χ1n) is 8.44. The molecule has 2 aromatic carbocycles. The molecule has 1 atom stereocenters. The molecule has 0 heterocycles. The number of hydrogen-bond acceptors (Lipinski definition) is 4. The molecule has 2 aromatic rings. The quantitative estimate of drug-likeness (QED) is 0.568. The lowest BCUT2D eigenvalue weighted by Crippen LogP contribution is -2.19. The monoisotopic (exact) mass is 376 g/mol. The van der Waals surface area contributed by atoms with Crippen molar-refractivity contribution in [1.29, 1.82) is 0 Å². The summed E-state index contributed by atoms with van der Waals surface area (Å²) in [6, 6.07) is 14.9. The molecule has 0 aliphatic heterocycles. The number of methoxy groups -OCH3 is 1. The summed E-state index contributed by atoms with van der Waals surface area (Å²) in [6.07, 6.45) is -0.00459. The summed E-state index contributed by atoms with van der Waals surface area (Å²) < 4.78 is 21.5. The fraction of sp³-hybridized carbons (Fsp3) is 0.350. The van der Waals surface area contributed by atoms with Crippen molar-refractivity contribution >= 4 is 13.6 Å². The predicted molar refractivity (Wildman–Crippen MR) is 102 cm³/mol. The van der Waals surface area contributed by atoms with E-state index in [1.165, 1.54) is 7.11 Å². The smallest absolute Gasteiger partial charge is 0.337 e. The van der Waals surface area contributed by atoms with Crippen molar-refractivity contribution in [3.05, 3.63) is 70.8 Å². The van der Waals surface area contributed by atoms with Crippen LogP contribution in [-0.4, -0.2) is 24.6 Å². The average molecular weight is 376 g/mol. The predicted octanol–water partition coefficient (Wildman–Crippen LogP) is 4.52. The number of carbonyl (C=O) groups excluding carboxylic acids is 1. The van der Waals surface area contributed by atoms with Crippen molar-refractivity contribution in [3.63, 3.8) is 0 Å². The molecule has 0 saturated heterocycles. The zero-order chi connectivity index (χ0) is 19.4. The number of rotatable bonds is 7. The van der Waals surface area contributed by atoms with Gasteiger partial charge in [0.05, 0.1) is 25.4 Å². The molecule has 0 fully saturated rings. The second-order valence-electron chi connectivity index (χ2n) is 6.60. The van der Waals surface area contributed by atoms with Crippen LogP contribution in [-0.2, 0) is 25.4 Å². The zero-order valence-electron chi connectivity index (χ0n) is 15.6. The minimum atomic E-state index is -3.59. The molecule has 1 N–H and O–H groups in total. The van der Waals surface area contributed by atoms with Crippen LogP contribution in [0.25, 0.3) is 0 Å². The Hall–Kier alpha value is -1.94. The van der Waals surface area contributed by atoms with Gasteiger partial charge in [0.25, 0.3) is 0 Å². The molecule has 0 saturated carbocycles. The van der Waals surface area contributed by atoms with Gasteiger partial charge in [-0.1, -0.05) is 50.2 Å². The van der Waals surface area contributed by atoms with E-state index in [0.29, 0.717) is 5.56 Å². The summed E-state index contributed by atoms with van der Waals surface area (Å²) in [6.45, 7) is 6.08. The van der Waals surface area contributed by atoms with E-state index in [-0.39, 0.29) is 24.2 Å². The van der Waals surface area contributed by atoms with Crippen LogP contribution >= 0.6 is 7.60 Å². The number of carbonyl (C=O) groups is 1. The minimum Gasteiger partial charge on any atom is -0.465 e. The first-order chi connectivity index (χ1) is 12.2. The van der Waals surface area contributed by atoms with Gasteiger partial charge in [-0.05, 0) is 35.7 Å². The van der Waals surface area contributed by atoms with Crippen LogP contribution in [0.15, 0.2) is 48.5 Å². The Labute approximate surface area is 154 Å². The molecular weight excluding hydrogens is 351 g/mol. The van der Waals surface area contributed by atoms with E-state index in [9.17, 15) is 14.3 Å². The first kappa shape index (κ1) is 20.4. The van der Waals surface area contributed by atoms with Crippen LogP contribution in [0.5, 0.6) is 0 Å². The summed E-state index contributed by atoms with van der Waals surface area (Å²) in [4.78, 5) is 21.3. The molecule has 26 heavy (non-hydrogen) atoms. The van der Waals surface area contributed by atoms with Gasteiger partial charge >= 0.3 is 13.6 Å². The third kappa shape index (κ3) is 4.82. The highest BCUT2D eigenvalue weighted by molar-refractivity contribution is 7.51. The molecule has 0 aromatic heterocycles. The lowest BCUT2D eigenvalue weighted by atomic mass is 9.78. The largest absolute Gasteiger partial charge is 0.465 e. The SMILES string of the molecule is CCOP(=O)(O)Cc1ccc(C(C)(C)c2ccc(C(=O)OC)cc2)cc1. The van der Waals surface area contributed by atoms with E-state index in [4.69, 9.17) is 9.26 Å². The van der Waals surface area contributed by atoms with Crippen molar-refractivity contribution in [2.45, 2.75) is 32.3 Å². The third-order valence-corrected chi connectivity index (χ3v) is 5.84. The average Bonchev–Trinajstić information content (AvgIpc) is 2.61. The summed E-state index contributed by atoms with van der Waals surface area (Å²) >= 11 is 0. The first-order valence-corrected chi connectivity index (χ1v) is 10.2. The molecule has 5 nitrogen and oxygen atoms in total. The Morgan fingerprint density at radius 2 is 1.54 bits per heavy atom. The second-order valence-corrected chi connectivity index (χ2v) is 8.45. The highest BCUT2D eigenvalue weighted by Crippen LogP contribution is 2.45. The standard InChI is InChI=1S/C20H25O5P/c1-5-25-26(22,23)14-15-6-10-17(11-7-15)20(2,3)18-12-8-16(9-13-18)19(21)24-4/h6-13H,5,14H2,1-4H3,(H,22,23). The van der Waals surface area contributed by atoms with E-state index in [0.717, 1.165) is 16.7 Å². The molecule has 0 aliphatic rings. The summed E-state index contributed by atoms with van der Waals surface area (Å²) in [5.74, 6) is -0.360. The van der Waals surface area contributed by atoms with Gasteiger partial charge in [-0.3, -0.25) is 4.57 Å². The van der Waals surface area contributed by atoms with E-state index in [2.05, 4.69) is 13.8 Å². The maximum Gasteiger partial charge on any atom is 0.337 e. The van der Waals surface area contributed by atoms with Gasteiger partial charge in [0.2, 0.25) is 0 Å². The molecule has 140 valence electrons. The molecule has 2 rings (SSSR count). The lowest BCUT2D eigenvalue weighted by molar-refractivity contribution is 0.0600. The van der Waals surface area contributed by atoms with Gasteiger partial charge in [0.1, 0.15) is 0 Å². The Bertz CT molecular complexity index is 794.